The van der Waals surface area contributed by atoms with Crippen LogP contribution in [0.5, 0.6) is 0 Å². The summed E-state index contributed by atoms with van der Waals surface area (Å²) in [7, 11) is 0. The number of anilines is 2. The number of aromatic amines is 1. The zero-order valence-corrected chi connectivity index (χ0v) is 16.8. The van der Waals surface area contributed by atoms with Crippen molar-refractivity contribution in [3.63, 3.8) is 0 Å². The molecular formula is C25H25N5. The zero-order valence-electron chi connectivity index (χ0n) is 16.8. The molecule has 0 spiro atoms. The lowest BCUT2D eigenvalue weighted by atomic mass is 9.90. The van der Waals surface area contributed by atoms with Gasteiger partial charge in [0.25, 0.3) is 0 Å². The Kier molecular flexibility index (Phi) is 5.27. The van der Waals surface area contributed by atoms with E-state index >= 15 is 0 Å². The molecule has 1 fully saturated rings. The van der Waals surface area contributed by atoms with E-state index in [1.54, 1.807) is 0 Å². The number of H-pyrrole nitrogens is 1. The first kappa shape index (κ1) is 18.6. The Morgan fingerprint density at radius 1 is 0.900 bits per heavy atom. The minimum absolute atomic E-state index is 0.606. The van der Waals surface area contributed by atoms with Gasteiger partial charge in [-0.2, -0.15) is 0 Å². The molecule has 5 rings (SSSR count). The summed E-state index contributed by atoms with van der Waals surface area (Å²) in [6.07, 6.45) is 12.2. The predicted molar refractivity (Wildman–Crippen MR) is 124 cm³/mol. The Morgan fingerprint density at radius 3 is 2.50 bits per heavy atom. The van der Waals surface area contributed by atoms with Crippen molar-refractivity contribution in [1.82, 2.24) is 20.3 Å². The summed E-state index contributed by atoms with van der Waals surface area (Å²) in [5, 5.41) is 7.92. The van der Waals surface area contributed by atoms with E-state index in [0.717, 1.165) is 29.9 Å². The molecule has 5 heteroatoms. The number of benzene rings is 2. The van der Waals surface area contributed by atoms with Crippen molar-refractivity contribution < 1.29 is 0 Å². The van der Waals surface area contributed by atoms with Gasteiger partial charge in [-0.1, -0.05) is 36.4 Å². The fourth-order valence-corrected chi connectivity index (χ4v) is 4.05. The number of fused-ring (bicyclic) bond motifs is 1. The molecule has 0 radical (unpaired) electrons. The standard InChI is InChI=1S/C25H25N5/c1-2-21(23-12-15-27-24(23)3-1)5-4-18-16-28-25(29-17-18)30-22-8-6-19(7-9-22)20-10-13-26-14-11-20/h1-9,12,15-17,20,26-27H,10-11,13-14H2,(H,28,29,30)/b5-4+. The van der Waals surface area contributed by atoms with E-state index in [-0.39, 0.29) is 0 Å². The van der Waals surface area contributed by atoms with Crippen LogP contribution in [-0.4, -0.2) is 28.0 Å². The van der Waals surface area contributed by atoms with Gasteiger partial charge in [-0.15, -0.1) is 0 Å². The summed E-state index contributed by atoms with van der Waals surface area (Å²) >= 11 is 0. The second kappa shape index (κ2) is 8.51. The zero-order chi connectivity index (χ0) is 20.2. The molecule has 0 aliphatic carbocycles. The summed E-state index contributed by atoms with van der Waals surface area (Å²) in [6.45, 7) is 2.22. The van der Waals surface area contributed by atoms with Crippen molar-refractivity contribution in [2.24, 2.45) is 0 Å². The van der Waals surface area contributed by atoms with Crippen molar-refractivity contribution in [2.75, 3.05) is 18.4 Å². The van der Waals surface area contributed by atoms with Gasteiger partial charge in [0.05, 0.1) is 0 Å². The van der Waals surface area contributed by atoms with Gasteiger partial charge < -0.3 is 15.6 Å². The van der Waals surface area contributed by atoms with E-state index in [1.807, 2.05) is 24.7 Å². The van der Waals surface area contributed by atoms with E-state index < -0.39 is 0 Å². The number of aromatic nitrogens is 3. The molecule has 1 aliphatic rings. The second-order valence-corrected chi connectivity index (χ2v) is 7.73. The lowest BCUT2D eigenvalue weighted by molar-refractivity contribution is 0.460. The van der Waals surface area contributed by atoms with E-state index in [0.29, 0.717) is 11.9 Å². The minimum Gasteiger partial charge on any atom is -0.361 e. The van der Waals surface area contributed by atoms with Crippen LogP contribution in [0.1, 0.15) is 35.4 Å². The normalized spacial score (nSPS) is 15.1. The first-order chi connectivity index (χ1) is 14.8. The number of rotatable bonds is 5. The van der Waals surface area contributed by atoms with Crippen molar-refractivity contribution in [2.45, 2.75) is 18.8 Å². The molecule has 1 aliphatic heterocycles. The third-order valence-electron chi connectivity index (χ3n) is 5.73. The highest BCUT2D eigenvalue weighted by Gasteiger charge is 2.14. The smallest absolute Gasteiger partial charge is 0.227 e. The molecule has 1 saturated heterocycles. The molecular weight excluding hydrogens is 370 g/mol. The van der Waals surface area contributed by atoms with Gasteiger partial charge in [0, 0.05) is 40.7 Å². The lowest BCUT2D eigenvalue weighted by Gasteiger charge is -2.23. The third kappa shape index (κ3) is 4.11. The quantitative estimate of drug-likeness (QED) is 0.427. The SMILES string of the molecule is C(=C\c1cccc2[nH]ccc12)/c1cnc(Nc2ccc(C3CCNCC3)cc2)nc1. The largest absolute Gasteiger partial charge is 0.361 e. The van der Waals surface area contributed by atoms with Crippen molar-refractivity contribution in [1.29, 1.82) is 0 Å². The molecule has 4 aromatic rings. The topological polar surface area (TPSA) is 65.6 Å². The molecule has 2 aromatic carbocycles. The molecule has 30 heavy (non-hydrogen) atoms. The van der Waals surface area contributed by atoms with Crippen molar-refractivity contribution >= 4 is 34.7 Å². The monoisotopic (exact) mass is 395 g/mol. The molecule has 0 bridgehead atoms. The van der Waals surface area contributed by atoms with Crippen LogP contribution < -0.4 is 10.6 Å². The predicted octanol–water partition coefficient (Wildman–Crippen LogP) is 5.34. The number of hydrogen-bond acceptors (Lipinski definition) is 4. The molecule has 0 saturated carbocycles. The van der Waals surface area contributed by atoms with Gasteiger partial charge in [0.2, 0.25) is 5.95 Å². The van der Waals surface area contributed by atoms with Crippen LogP contribution in [0.25, 0.3) is 23.1 Å². The molecule has 3 N–H and O–H groups in total. The van der Waals surface area contributed by atoms with Gasteiger partial charge >= 0.3 is 0 Å². The molecule has 2 aromatic heterocycles. The summed E-state index contributed by atoms with van der Waals surface area (Å²) in [6, 6.07) is 17.0. The van der Waals surface area contributed by atoms with Crippen LogP contribution in [0.15, 0.2) is 67.1 Å². The van der Waals surface area contributed by atoms with E-state index in [9.17, 15) is 0 Å². The third-order valence-corrected chi connectivity index (χ3v) is 5.73. The first-order valence-electron chi connectivity index (χ1n) is 10.5. The lowest BCUT2D eigenvalue weighted by Crippen LogP contribution is -2.26. The number of nitrogens with zero attached hydrogens (tertiary/aromatic N) is 2. The molecule has 0 unspecified atom stereocenters. The van der Waals surface area contributed by atoms with Crippen LogP contribution in [-0.2, 0) is 0 Å². The van der Waals surface area contributed by atoms with E-state index in [4.69, 9.17) is 0 Å². The number of nitrogens with one attached hydrogen (secondary N) is 3. The molecule has 0 atom stereocenters. The summed E-state index contributed by atoms with van der Waals surface area (Å²) < 4.78 is 0. The van der Waals surface area contributed by atoms with E-state index in [2.05, 4.69) is 80.2 Å². The maximum atomic E-state index is 4.46. The highest BCUT2D eigenvalue weighted by atomic mass is 15.1. The highest BCUT2D eigenvalue weighted by molar-refractivity contribution is 5.91. The Balaban J connectivity index is 1.24. The number of hydrogen-bond donors (Lipinski definition) is 3. The van der Waals surface area contributed by atoms with Gasteiger partial charge in [0.1, 0.15) is 0 Å². The summed E-state index contributed by atoms with van der Waals surface area (Å²) in [5.74, 6) is 1.27. The Labute approximate surface area is 176 Å². The molecule has 5 nitrogen and oxygen atoms in total. The maximum absolute atomic E-state index is 4.46. The first-order valence-corrected chi connectivity index (χ1v) is 10.5. The van der Waals surface area contributed by atoms with E-state index in [1.165, 1.54) is 29.4 Å². The Morgan fingerprint density at radius 2 is 1.70 bits per heavy atom. The second-order valence-electron chi connectivity index (χ2n) is 7.73. The van der Waals surface area contributed by atoms with Crippen LogP contribution in [0.2, 0.25) is 0 Å². The maximum Gasteiger partial charge on any atom is 0.227 e. The fraction of sp³-hybridized carbons (Fsp3) is 0.200. The number of piperidine rings is 1. The summed E-state index contributed by atoms with van der Waals surface area (Å²) in [5.41, 5.74) is 5.70. The van der Waals surface area contributed by atoms with Crippen LogP contribution >= 0.6 is 0 Å². The summed E-state index contributed by atoms with van der Waals surface area (Å²) in [4.78, 5) is 12.2. The Bertz CT molecular complexity index is 1140. The average molecular weight is 396 g/mol. The molecule has 3 heterocycles. The molecule has 150 valence electrons. The van der Waals surface area contributed by atoms with Crippen LogP contribution in [0.3, 0.4) is 0 Å². The Hall–Kier alpha value is -3.44. The highest BCUT2D eigenvalue weighted by Crippen LogP contribution is 2.26. The average Bonchev–Trinajstić information content (AvgIpc) is 3.29. The fourth-order valence-electron chi connectivity index (χ4n) is 4.05. The van der Waals surface area contributed by atoms with Crippen molar-refractivity contribution in [3.8, 4) is 0 Å². The van der Waals surface area contributed by atoms with Gasteiger partial charge in [-0.3, -0.25) is 0 Å². The van der Waals surface area contributed by atoms with Crippen LogP contribution in [0, 0.1) is 0 Å². The van der Waals surface area contributed by atoms with Gasteiger partial charge in [-0.05, 0) is 67.2 Å². The van der Waals surface area contributed by atoms with Gasteiger partial charge in [0.15, 0.2) is 0 Å². The minimum atomic E-state index is 0.606. The van der Waals surface area contributed by atoms with Gasteiger partial charge in [-0.25, -0.2) is 9.97 Å². The van der Waals surface area contributed by atoms with Crippen LogP contribution in [0.4, 0.5) is 11.6 Å². The molecule has 0 amide bonds. The van der Waals surface area contributed by atoms with Crippen molar-refractivity contribution in [3.05, 3.63) is 83.8 Å².